The van der Waals surface area contributed by atoms with Crippen molar-refractivity contribution in [3.8, 4) is 22.3 Å². The summed E-state index contributed by atoms with van der Waals surface area (Å²) in [5, 5.41) is 0. The second-order valence-electron chi connectivity index (χ2n) is 14.9. The lowest BCUT2D eigenvalue weighted by atomic mass is 9.65. The fourth-order valence-corrected chi connectivity index (χ4v) is 8.67. The van der Waals surface area contributed by atoms with Crippen molar-refractivity contribution in [2.45, 2.75) is 44.9 Å². The maximum atomic E-state index is 2.40. The van der Waals surface area contributed by atoms with Crippen molar-refractivity contribution in [2.75, 3.05) is 9.80 Å². The maximum absolute atomic E-state index is 2.40. The number of nitrogens with zero attached hydrogens (tertiary/aromatic N) is 2. The van der Waals surface area contributed by atoms with Crippen molar-refractivity contribution >= 4 is 34.1 Å². The van der Waals surface area contributed by atoms with E-state index in [1.807, 2.05) is 0 Å². The van der Waals surface area contributed by atoms with E-state index < -0.39 is 0 Å². The zero-order valence-electron chi connectivity index (χ0n) is 31.7. The molecule has 2 nitrogen and oxygen atoms in total. The Kier molecular flexibility index (Phi) is 11.1. The van der Waals surface area contributed by atoms with Crippen molar-refractivity contribution in [3.63, 3.8) is 0 Å². The molecule has 0 radical (unpaired) electrons. The Balaban J connectivity index is 0.00000455. The minimum atomic E-state index is -0.0286. The number of anilines is 6. The van der Waals surface area contributed by atoms with Crippen molar-refractivity contribution < 1.29 is 0 Å². The summed E-state index contributed by atoms with van der Waals surface area (Å²) >= 11 is 0. The summed E-state index contributed by atoms with van der Waals surface area (Å²) < 4.78 is 0. The summed E-state index contributed by atoms with van der Waals surface area (Å²) in [4.78, 5) is 4.73. The molecular weight excluding hydrogens is 689 g/mol. The van der Waals surface area contributed by atoms with Gasteiger partial charge < -0.3 is 9.80 Å². The van der Waals surface area contributed by atoms with Crippen LogP contribution in [0.5, 0.6) is 0 Å². The van der Waals surface area contributed by atoms with Gasteiger partial charge in [-0.05, 0) is 119 Å². The van der Waals surface area contributed by atoms with Crippen LogP contribution in [0.25, 0.3) is 22.3 Å². The molecule has 1 aliphatic rings. The van der Waals surface area contributed by atoms with Crippen LogP contribution in [0.2, 0.25) is 0 Å². The van der Waals surface area contributed by atoms with Crippen molar-refractivity contribution in [1.82, 2.24) is 0 Å². The van der Waals surface area contributed by atoms with Crippen molar-refractivity contribution in [3.05, 3.63) is 230 Å². The van der Waals surface area contributed by atoms with Gasteiger partial charge in [0, 0.05) is 39.5 Å². The highest BCUT2D eigenvalue weighted by Gasteiger charge is 2.36. The standard InChI is InChI=1S/C54H46N2.CH4/c1-6-16-42(17-7-1)44-24-32-50(33-25-44)55(48-20-10-3-11-21-48)52-36-28-46(29-37-52)54(40-14-5-15-41-54)47-30-38-53(39-31-47)56(49-22-12-4-13-23-49)51-34-26-45(27-35-51)43-18-8-2-9-19-43;/h1-4,6-13,16-39H,5,14-15,40-41H2;1H4. The van der Waals surface area contributed by atoms with E-state index in [0.29, 0.717) is 0 Å². The van der Waals surface area contributed by atoms with Crippen LogP contribution in [-0.4, -0.2) is 0 Å². The molecule has 0 N–H and O–H groups in total. The predicted octanol–water partition coefficient (Wildman–Crippen LogP) is 15.8. The van der Waals surface area contributed by atoms with Crippen LogP contribution in [0.3, 0.4) is 0 Å². The second-order valence-corrected chi connectivity index (χ2v) is 14.9. The lowest BCUT2D eigenvalue weighted by Crippen LogP contribution is -2.30. The van der Waals surface area contributed by atoms with Gasteiger partial charge in [-0.2, -0.15) is 0 Å². The molecule has 0 aliphatic heterocycles. The first-order chi connectivity index (χ1) is 27.7. The first-order valence-electron chi connectivity index (χ1n) is 20.0. The molecule has 280 valence electrons. The Bertz CT molecular complexity index is 2260. The van der Waals surface area contributed by atoms with Gasteiger partial charge in [-0.15, -0.1) is 0 Å². The fraction of sp³-hybridized carbons (Fsp3) is 0.127. The van der Waals surface area contributed by atoms with E-state index in [0.717, 1.165) is 47.0 Å². The second kappa shape index (κ2) is 17.0. The molecule has 0 spiro atoms. The third kappa shape index (κ3) is 7.77. The number of hydrogen-bond acceptors (Lipinski definition) is 2. The Morgan fingerprint density at radius 1 is 0.263 bits per heavy atom. The molecule has 9 rings (SSSR count). The normalized spacial score (nSPS) is 13.3. The zero-order valence-corrected chi connectivity index (χ0v) is 31.7. The molecule has 0 saturated heterocycles. The smallest absolute Gasteiger partial charge is 0.0462 e. The molecule has 1 saturated carbocycles. The summed E-state index contributed by atoms with van der Waals surface area (Å²) in [6.45, 7) is 0. The summed E-state index contributed by atoms with van der Waals surface area (Å²) in [6, 6.07) is 79.4. The lowest BCUT2D eigenvalue weighted by Gasteiger charge is -2.39. The number of para-hydroxylation sites is 2. The zero-order chi connectivity index (χ0) is 37.6. The van der Waals surface area contributed by atoms with Crippen molar-refractivity contribution in [1.29, 1.82) is 0 Å². The van der Waals surface area contributed by atoms with Gasteiger partial charge in [0.2, 0.25) is 0 Å². The Morgan fingerprint density at radius 3 is 0.860 bits per heavy atom. The van der Waals surface area contributed by atoms with Crippen LogP contribution >= 0.6 is 0 Å². The molecule has 0 aromatic heterocycles. The molecule has 1 fully saturated rings. The minimum absolute atomic E-state index is 0. The summed E-state index contributed by atoms with van der Waals surface area (Å²) in [5.41, 5.74) is 14.6. The minimum Gasteiger partial charge on any atom is -0.311 e. The first kappa shape index (κ1) is 37.3. The number of rotatable bonds is 10. The molecule has 0 unspecified atom stereocenters. The average molecular weight is 739 g/mol. The van der Waals surface area contributed by atoms with Gasteiger partial charge in [-0.1, -0.05) is 172 Å². The number of hydrogen-bond donors (Lipinski definition) is 0. The molecule has 8 aromatic rings. The monoisotopic (exact) mass is 738 g/mol. The van der Waals surface area contributed by atoms with Gasteiger partial charge in [0.25, 0.3) is 0 Å². The van der Waals surface area contributed by atoms with Crippen LogP contribution < -0.4 is 9.80 Å². The molecule has 0 heterocycles. The van der Waals surface area contributed by atoms with E-state index in [-0.39, 0.29) is 12.8 Å². The van der Waals surface area contributed by atoms with Crippen LogP contribution in [0.15, 0.2) is 218 Å². The Labute approximate surface area is 339 Å². The number of benzene rings is 8. The Morgan fingerprint density at radius 2 is 0.526 bits per heavy atom. The molecule has 0 bridgehead atoms. The van der Waals surface area contributed by atoms with Crippen LogP contribution in [0.1, 0.15) is 50.7 Å². The van der Waals surface area contributed by atoms with E-state index in [1.165, 1.54) is 52.6 Å². The highest BCUT2D eigenvalue weighted by molar-refractivity contribution is 5.80. The quantitative estimate of drug-likeness (QED) is 0.138. The lowest BCUT2D eigenvalue weighted by molar-refractivity contribution is 0.346. The van der Waals surface area contributed by atoms with Crippen molar-refractivity contribution in [2.24, 2.45) is 0 Å². The summed E-state index contributed by atoms with van der Waals surface area (Å²) in [7, 11) is 0. The molecular formula is C55H50N2. The van der Waals surface area contributed by atoms with Crippen LogP contribution in [0, 0.1) is 0 Å². The molecule has 8 aromatic carbocycles. The van der Waals surface area contributed by atoms with Crippen LogP contribution in [-0.2, 0) is 5.41 Å². The highest BCUT2D eigenvalue weighted by atomic mass is 15.1. The fourth-order valence-electron chi connectivity index (χ4n) is 8.67. The first-order valence-corrected chi connectivity index (χ1v) is 20.0. The topological polar surface area (TPSA) is 6.48 Å². The summed E-state index contributed by atoms with van der Waals surface area (Å²) in [6.07, 6.45) is 6.06. The van der Waals surface area contributed by atoms with Gasteiger partial charge in [-0.3, -0.25) is 0 Å². The highest BCUT2D eigenvalue weighted by Crippen LogP contribution is 2.47. The van der Waals surface area contributed by atoms with E-state index in [9.17, 15) is 0 Å². The molecule has 0 amide bonds. The average Bonchev–Trinajstić information content (AvgIpc) is 3.29. The molecule has 1 aliphatic carbocycles. The van der Waals surface area contributed by atoms with E-state index in [1.54, 1.807) is 0 Å². The summed E-state index contributed by atoms with van der Waals surface area (Å²) in [5.74, 6) is 0. The Hall–Kier alpha value is -6.64. The van der Waals surface area contributed by atoms with Gasteiger partial charge in [0.05, 0.1) is 0 Å². The maximum Gasteiger partial charge on any atom is 0.0462 e. The van der Waals surface area contributed by atoms with Crippen LogP contribution in [0.4, 0.5) is 34.1 Å². The molecule has 0 atom stereocenters. The largest absolute Gasteiger partial charge is 0.311 e. The third-order valence-electron chi connectivity index (χ3n) is 11.6. The van der Waals surface area contributed by atoms with E-state index in [2.05, 4.69) is 228 Å². The van der Waals surface area contributed by atoms with Gasteiger partial charge in [0.1, 0.15) is 0 Å². The SMILES string of the molecule is C.c1ccc(-c2ccc(N(c3ccccc3)c3ccc(C4(c5ccc(N(c6ccccc6)c6ccc(-c7ccccc7)cc6)cc5)CCCCC4)cc3)cc2)cc1. The van der Waals surface area contributed by atoms with Gasteiger partial charge in [0.15, 0.2) is 0 Å². The predicted molar refractivity (Wildman–Crippen MR) is 244 cm³/mol. The van der Waals surface area contributed by atoms with E-state index in [4.69, 9.17) is 0 Å². The van der Waals surface area contributed by atoms with E-state index >= 15 is 0 Å². The molecule has 2 heteroatoms. The molecule has 57 heavy (non-hydrogen) atoms. The van der Waals surface area contributed by atoms with Gasteiger partial charge >= 0.3 is 0 Å². The third-order valence-corrected chi connectivity index (χ3v) is 11.6. The van der Waals surface area contributed by atoms with Gasteiger partial charge in [-0.25, -0.2) is 0 Å².